The zero-order valence-electron chi connectivity index (χ0n) is 4.82. The summed E-state index contributed by atoms with van der Waals surface area (Å²) < 4.78 is 0. The SMILES string of the molecule is CSC(=N)C(=N)SC. The summed E-state index contributed by atoms with van der Waals surface area (Å²) in [4.78, 5) is 0. The number of thioether (sulfide) groups is 2. The van der Waals surface area contributed by atoms with Gasteiger partial charge in [-0.15, -0.1) is 23.5 Å². The molecule has 0 fully saturated rings. The third-order valence-corrected chi connectivity index (χ3v) is 1.97. The van der Waals surface area contributed by atoms with Crippen molar-refractivity contribution in [3.05, 3.63) is 0 Å². The topological polar surface area (TPSA) is 47.7 Å². The molecule has 0 heterocycles. The molecule has 0 unspecified atom stereocenters. The number of hydrogen-bond donors (Lipinski definition) is 2. The Labute approximate surface area is 57.5 Å². The summed E-state index contributed by atoms with van der Waals surface area (Å²) in [5.74, 6) is 0. The van der Waals surface area contributed by atoms with Gasteiger partial charge in [0.1, 0.15) is 10.1 Å². The molecule has 2 nitrogen and oxygen atoms in total. The van der Waals surface area contributed by atoms with Crippen molar-refractivity contribution in [1.29, 1.82) is 10.8 Å². The molecule has 46 valence electrons. The van der Waals surface area contributed by atoms with Crippen LogP contribution >= 0.6 is 23.5 Å². The number of nitrogens with one attached hydrogen (secondary N) is 2. The molecule has 0 aromatic rings. The van der Waals surface area contributed by atoms with Crippen LogP contribution in [-0.2, 0) is 0 Å². The minimum atomic E-state index is 0.345. The molecular formula is C4H8N2S2. The Morgan fingerprint density at radius 3 is 1.38 bits per heavy atom. The molecular weight excluding hydrogens is 140 g/mol. The molecule has 0 aliphatic heterocycles. The van der Waals surface area contributed by atoms with Crippen LogP contribution in [0.1, 0.15) is 0 Å². The van der Waals surface area contributed by atoms with Crippen molar-refractivity contribution in [3.8, 4) is 0 Å². The maximum absolute atomic E-state index is 7.06. The molecule has 0 aromatic carbocycles. The molecule has 2 N–H and O–H groups in total. The summed E-state index contributed by atoms with van der Waals surface area (Å²) in [7, 11) is 0. The second-order valence-electron chi connectivity index (χ2n) is 1.07. The Morgan fingerprint density at radius 2 is 1.25 bits per heavy atom. The van der Waals surface area contributed by atoms with Crippen molar-refractivity contribution in [2.75, 3.05) is 12.5 Å². The summed E-state index contributed by atoms with van der Waals surface area (Å²) in [5.41, 5.74) is 0. The van der Waals surface area contributed by atoms with Crippen molar-refractivity contribution >= 4 is 33.6 Å². The zero-order valence-corrected chi connectivity index (χ0v) is 6.45. The minimum absolute atomic E-state index is 0.345. The molecule has 0 rings (SSSR count). The second kappa shape index (κ2) is 3.97. The molecule has 0 saturated carbocycles. The monoisotopic (exact) mass is 148 g/mol. The van der Waals surface area contributed by atoms with Gasteiger partial charge in [-0.05, 0) is 12.5 Å². The third kappa shape index (κ3) is 2.37. The highest BCUT2D eigenvalue weighted by Gasteiger charge is 1.98. The number of rotatable bonds is 0. The molecule has 0 spiro atoms. The average molecular weight is 148 g/mol. The van der Waals surface area contributed by atoms with Gasteiger partial charge in [0.25, 0.3) is 0 Å². The van der Waals surface area contributed by atoms with Crippen molar-refractivity contribution in [2.24, 2.45) is 0 Å². The quantitative estimate of drug-likeness (QED) is 0.405. The Bertz CT molecular complexity index is 96.6. The first-order chi connectivity index (χ1) is 3.72. The molecule has 0 radical (unpaired) electrons. The predicted octanol–water partition coefficient (Wildman–Crippen LogP) is 1.67. The van der Waals surface area contributed by atoms with E-state index in [0.717, 1.165) is 0 Å². The standard InChI is InChI=1S/C4H8N2S2/c1-7-3(5)4(6)8-2/h5-6H,1-2H3. The molecule has 4 heteroatoms. The van der Waals surface area contributed by atoms with Crippen LogP contribution < -0.4 is 0 Å². The Morgan fingerprint density at radius 1 is 1.00 bits per heavy atom. The molecule has 8 heavy (non-hydrogen) atoms. The van der Waals surface area contributed by atoms with Crippen molar-refractivity contribution in [1.82, 2.24) is 0 Å². The van der Waals surface area contributed by atoms with E-state index < -0.39 is 0 Å². The summed E-state index contributed by atoms with van der Waals surface area (Å²) in [5, 5.41) is 14.8. The smallest absolute Gasteiger partial charge is 0.119 e. The van der Waals surface area contributed by atoms with E-state index in [1.807, 2.05) is 0 Å². The first kappa shape index (κ1) is 8.04. The predicted molar refractivity (Wildman–Crippen MR) is 42.5 cm³/mol. The van der Waals surface area contributed by atoms with Gasteiger partial charge >= 0.3 is 0 Å². The van der Waals surface area contributed by atoms with E-state index in [2.05, 4.69) is 0 Å². The lowest BCUT2D eigenvalue weighted by molar-refractivity contribution is 1.54. The lowest BCUT2D eigenvalue weighted by atomic mass is 10.8. The van der Waals surface area contributed by atoms with E-state index >= 15 is 0 Å². The fraction of sp³-hybridized carbons (Fsp3) is 0.500. The van der Waals surface area contributed by atoms with Crippen LogP contribution in [0, 0.1) is 10.8 Å². The van der Waals surface area contributed by atoms with Gasteiger partial charge in [0.2, 0.25) is 0 Å². The second-order valence-corrected chi connectivity index (χ2v) is 2.70. The Balaban J connectivity index is 3.64. The maximum atomic E-state index is 7.06. The average Bonchev–Trinajstić information content (AvgIpc) is 1.84. The molecule has 0 aliphatic carbocycles. The van der Waals surface area contributed by atoms with Crippen LogP contribution in [0.25, 0.3) is 0 Å². The van der Waals surface area contributed by atoms with Crippen LogP contribution in [0.5, 0.6) is 0 Å². The highest BCUT2D eigenvalue weighted by Crippen LogP contribution is 2.04. The molecule has 0 amide bonds. The largest absolute Gasteiger partial charge is 0.292 e. The van der Waals surface area contributed by atoms with E-state index in [9.17, 15) is 0 Å². The first-order valence-corrected chi connectivity index (χ1v) is 4.42. The molecule has 0 aromatic heterocycles. The number of hydrogen-bond acceptors (Lipinski definition) is 4. The fourth-order valence-corrected chi connectivity index (χ4v) is 1.06. The van der Waals surface area contributed by atoms with Crippen molar-refractivity contribution in [2.45, 2.75) is 0 Å². The summed E-state index contributed by atoms with van der Waals surface area (Å²) in [6.07, 6.45) is 3.60. The van der Waals surface area contributed by atoms with Crippen LogP contribution in [0.4, 0.5) is 0 Å². The van der Waals surface area contributed by atoms with E-state index in [0.29, 0.717) is 10.1 Å². The van der Waals surface area contributed by atoms with Crippen LogP contribution in [0.2, 0.25) is 0 Å². The summed E-state index contributed by atoms with van der Waals surface area (Å²) in [6.45, 7) is 0. The highest BCUT2D eigenvalue weighted by molar-refractivity contribution is 8.24. The van der Waals surface area contributed by atoms with E-state index in [1.165, 1.54) is 23.5 Å². The van der Waals surface area contributed by atoms with Crippen molar-refractivity contribution in [3.63, 3.8) is 0 Å². The van der Waals surface area contributed by atoms with Crippen LogP contribution in [0.3, 0.4) is 0 Å². The van der Waals surface area contributed by atoms with Crippen molar-refractivity contribution < 1.29 is 0 Å². The van der Waals surface area contributed by atoms with E-state index in [4.69, 9.17) is 10.8 Å². The Hall–Kier alpha value is 0.0400. The highest BCUT2D eigenvalue weighted by atomic mass is 32.2. The first-order valence-electron chi connectivity index (χ1n) is 1.97. The third-order valence-electron chi connectivity index (χ3n) is 0.614. The van der Waals surface area contributed by atoms with Gasteiger partial charge in [-0.25, -0.2) is 0 Å². The van der Waals surface area contributed by atoms with Gasteiger partial charge in [0.15, 0.2) is 0 Å². The maximum Gasteiger partial charge on any atom is 0.119 e. The van der Waals surface area contributed by atoms with E-state index in [-0.39, 0.29) is 0 Å². The lowest BCUT2D eigenvalue weighted by Crippen LogP contribution is -2.00. The van der Waals surface area contributed by atoms with Gasteiger partial charge < -0.3 is 0 Å². The minimum Gasteiger partial charge on any atom is -0.292 e. The Kier molecular flexibility index (Phi) is 3.99. The molecule has 0 atom stereocenters. The van der Waals surface area contributed by atoms with Gasteiger partial charge in [-0.3, -0.25) is 10.8 Å². The molecule has 0 bridgehead atoms. The molecule has 0 saturated heterocycles. The zero-order chi connectivity index (χ0) is 6.57. The van der Waals surface area contributed by atoms with Gasteiger partial charge in [0, 0.05) is 0 Å². The normalized spacial score (nSPS) is 8.75. The van der Waals surface area contributed by atoms with Crippen LogP contribution in [0.15, 0.2) is 0 Å². The van der Waals surface area contributed by atoms with Gasteiger partial charge in [-0.1, -0.05) is 0 Å². The fourth-order valence-electron chi connectivity index (χ4n) is 0.185. The lowest BCUT2D eigenvalue weighted by Gasteiger charge is -1.94. The van der Waals surface area contributed by atoms with E-state index in [1.54, 1.807) is 12.5 Å². The molecule has 0 aliphatic rings. The van der Waals surface area contributed by atoms with Crippen LogP contribution in [-0.4, -0.2) is 22.6 Å². The van der Waals surface area contributed by atoms with Gasteiger partial charge in [0.05, 0.1) is 0 Å². The van der Waals surface area contributed by atoms with Gasteiger partial charge in [-0.2, -0.15) is 0 Å². The summed E-state index contributed by atoms with van der Waals surface area (Å²) in [6, 6.07) is 0. The summed E-state index contributed by atoms with van der Waals surface area (Å²) >= 11 is 2.59.